The van der Waals surface area contributed by atoms with Crippen LogP contribution in [0.1, 0.15) is 39.0 Å². The van der Waals surface area contributed by atoms with Crippen LogP contribution in [0.5, 0.6) is 0 Å². The van der Waals surface area contributed by atoms with E-state index in [1.54, 1.807) is 0 Å². The van der Waals surface area contributed by atoms with Crippen molar-refractivity contribution in [1.29, 1.82) is 0 Å². The van der Waals surface area contributed by atoms with Crippen molar-refractivity contribution in [1.82, 2.24) is 5.32 Å². The lowest BCUT2D eigenvalue weighted by molar-refractivity contribution is -0.146. The van der Waals surface area contributed by atoms with Gasteiger partial charge < -0.3 is 15.2 Å². The summed E-state index contributed by atoms with van der Waals surface area (Å²) in [7, 11) is 0. The second-order valence-corrected chi connectivity index (χ2v) is 5.68. The molecule has 0 radical (unpaired) electrons. The van der Waals surface area contributed by atoms with Crippen molar-refractivity contribution in [2.45, 2.75) is 45.1 Å². The van der Waals surface area contributed by atoms with Crippen molar-refractivity contribution in [3.63, 3.8) is 0 Å². The van der Waals surface area contributed by atoms with Crippen molar-refractivity contribution >= 4 is 11.9 Å². The molecular weight excluding hydrogens is 246 g/mol. The van der Waals surface area contributed by atoms with Gasteiger partial charge >= 0.3 is 5.97 Å². The molecule has 0 spiro atoms. The molecule has 0 aromatic heterocycles. The lowest BCUT2D eigenvalue weighted by atomic mass is 9.95. The Bertz CT molecular complexity index is 338. The first kappa shape index (κ1) is 14.3. The Balaban J connectivity index is 1.87. The molecule has 108 valence electrons. The molecule has 1 saturated carbocycles. The highest BCUT2D eigenvalue weighted by molar-refractivity contribution is 5.85. The summed E-state index contributed by atoms with van der Waals surface area (Å²) in [5.41, 5.74) is 0. The van der Waals surface area contributed by atoms with E-state index < -0.39 is 11.9 Å². The van der Waals surface area contributed by atoms with Gasteiger partial charge in [-0.2, -0.15) is 0 Å². The third kappa shape index (κ3) is 3.47. The highest BCUT2D eigenvalue weighted by Crippen LogP contribution is 2.38. The maximum atomic E-state index is 12.1. The van der Waals surface area contributed by atoms with Crippen LogP contribution in [0, 0.1) is 17.8 Å². The van der Waals surface area contributed by atoms with E-state index in [0.29, 0.717) is 25.3 Å². The molecule has 19 heavy (non-hydrogen) atoms. The van der Waals surface area contributed by atoms with Gasteiger partial charge in [0, 0.05) is 13.2 Å². The van der Waals surface area contributed by atoms with Crippen LogP contribution in [0.25, 0.3) is 0 Å². The molecule has 4 unspecified atom stereocenters. The predicted octanol–water partition coefficient (Wildman–Crippen LogP) is 1.42. The van der Waals surface area contributed by atoms with E-state index in [1.165, 1.54) is 0 Å². The van der Waals surface area contributed by atoms with E-state index in [-0.39, 0.29) is 17.9 Å². The Morgan fingerprint density at radius 2 is 2.05 bits per heavy atom. The van der Waals surface area contributed by atoms with Crippen LogP contribution >= 0.6 is 0 Å². The van der Waals surface area contributed by atoms with Gasteiger partial charge in [-0.25, -0.2) is 0 Å². The van der Waals surface area contributed by atoms with Crippen LogP contribution in [-0.2, 0) is 14.3 Å². The van der Waals surface area contributed by atoms with Crippen molar-refractivity contribution in [3.05, 3.63) is 0 Å². The van der Waals surface area contributed by atoms with Gasteiger partial charge in [-0.3, -0.25) is 9.59 Å². The summed E-state index contributed by atoms with van der Waals surface area (Å²) in [4.78, 5) is 23.4. The number of amides is 1. The van der Waals surface area contributed by atoms with Crippen molar-refractivity contribution in [3.8, 4) is 0 Å². The zero-order chi connectivity index (χ0) is 13.8. The molecular formula is C14H23NO4. The molecule has 5 nitrogen and oxygen atoms in total. The molecule has 1 aliphatic heterocycles. The molecule has 2 aliphatic rings. The van der Waals surface area contributed by atoms with Crippen LogP contribution in [0.3, 0.4) is 0 Å². The monoisotopic (exact) mass is 269 g/mol. The van der Waals surface area contributed by atoms with Crippen molar-refractivity contribution in [2.24, 2.45) is 17.8 Å². The SMILES string of the molecule is CCC1CC(C(=O)O)C(C(=O)NCC2CCCO2)C1. The lowest BCUT2D eigenvalue weighted by Gasteiger charge is -2.17. The fourth-order valence-electron chi connectivity index (χ4n) is 3.19. The smallest absolute Gasteiger partial charge is 0.307 e. The van der Waals surface area contributed by atoms with Gasteiger partial charge in [-0.1, -0.05) is 13.3 Å². The van der Waals surface area contributed by atoms with Gasteiger partial charge in [0.05, 0.1) is 17.9 Å². The Hall–Kier alpha value is -1.10. The third-order valence-corrected chi connectivity index (χ3v) is 4.42. The first-order valence-corrected chi connectivity index (χ1v) is 7.24. The molecule has 1 aliphatic carbocycles. The number of hydrogen-bond acceptors (Lipinski definition) is 3. The molecule has 0 bridgehead atoms. The standard InChI is InChI=1S/C14H23NO4/c1-2-9-6-11(12(7-9)14(17)18)13(16)15-8-10-4-3-5-19-10/h9-12H,2-8H2,1H3,(H,15,16)(H,17,18). The van der Waals surface area contributed by atoms with E-state index in [9.17, 15) is 14.7 Å². The summed E-state index contributed by atoms with van der Waals surface area (Å²) in [5.74, 6) is -1.48. The Labute approximate surface area is 113 Å². The summed E-state index contributed by atoms with van der Waals surface area (Å²) in [6.45, 7) is 3.33. The number of carboxylic acid groups (broad SMARTS) is 1. The largest absolute Gasteiger partial charge is 0.481 e. The second kappa shape index (κ2) is 6.37. The minimum Gasteiger partial charge on any atom is -0.481 e. The van der Waals surface area contributed by atoms with Crippen molar-refractivity contribution in [2.75, 3.05) is 13.2 Å². The van der Waals surface area contributed by atoms with Gasteiger partial charge in [-0.15, -0.1) is 0 Å². The summed E-state index contributed by atoms with van der Waals surface area (Å²) in [6, 6.07) is 0. The van der Waals surface area contributed by atoms with Gasteiger partial charge in [0.15, 0.2) is 0 Å². The Morgan fingerprint density at radius 3 is 2.63 bits per heavy atom. The zero-order valence-corrected chi connectivity index (χ0v) is 11.4. The molecule has 2 fully saturated rings. The highest BCUT2D eigenvalue weighted by Gasteiger charge is 2.42. The van der Waals surface area contributed by atoms with Crippen LogP contribution < -0.4 is 5.32 Å². The number of carbonyl (C=O) groups excluding carboxylic acids is 1. The van der Waals surface area contributed by atoms with E-state index in [1.807, 2.05) is 0 Å². The number of carboxylic acids is 1. The van der Waals surface area contributed by atoms with E-state index >= 15 is 0 Å². The first-order valence-electron chi connectivity index (χ1n) is 7.24. The van der Waals surface area contributed by atoms with Gasteiger partial charge in [0.25, 0.3) is 0 Å². The van der Waals surface area contributed by atoms with Gasteiger partial charge in [-0.05, 0) is 31.6 Å². The number of nitrogens with one attached hydrogen (secondary N) is 1. The van der Waals surface area contributed by atoms with Gasteiger partial charge in [0.1, 0.15) is 0 Å². The minimum atomic E-state index is -0.840. The van der Waals surface area contributed by atoms with Crippen LogP contribution in [0.4, 0.5) is 0 Å². The number of aliphatic carboxylic acids is 1. The van der Waals surface area contributed by atoms with Crippen molar-refractivity contribution < 1.29 is 19.4 Å². The van der Waals surface area contributed by atoms with E-state index in [0.717, 1.165) is 25.9 Å². The minimum absolute atomic E-state index is 0.107. The number of hydrogen-bond donors (Lipinski definition) is 2. The fraction of sp³-hybridized carbons (Fsp3) is 0.857. The van der Waals surface area contributed by atoms with Gasteiger partial charge in [0.2, 0.25) is 5.91 Å². The topological polar surface area (TPSA) is 75.6 Å². The lowest BCUT2D eigenvalue weighted by Crippen LogP contribution is -2.39. The van der Waals surface area contributed by atoms with E-state index in [2.05, 4.69) is 12.2 Å². The Kier molecular flexibility index (Phi) is 4.80. The molecule has 4 atom stereocenters. The summed E-state index contributed by atoms with van der Waals surface area (Å²) >= 11 is 0. The first-order chi connectivity index (χ1) is 9.11. The van der Waals surface area contributed by atoms with E-state index in [4.69, 9.17) is 4.74 Å². The maximum Gasteiger partial charge on any atom is 0.307 e. The summed E-state index contributed by atoms with van der Waals surface area (Å²) in [6.07, 6.45) is 4.40. The predicted molar refractivity (Wildman–Crippen MR) is 69.6 cm³/mol. The third-order valence-electron chi connectivity index (χ3n) is 4.42. The maximum absolute atomic E-state index is 12.1. The highest BCUT2D eigenvalue weighted by atomic mass is 16.5. The number of ether oxygens (including phenoxy) is 1. The molecule has 2 rings (SSSR count). The number of carbonyl (C=O) groups is 2. The molecule has 1 heterocycles. The fourth-order valence-corrected chi connectivity index (χ4v) is 3.19. The number of rotatable bonds is 5. The molecule has 1 amide bonds. The quantitative estimate of drug-likeness (QED) is 0.791. The Morgan fingerprint density at radius 1 is 1.32 bits per heavy atom. The zero-order valence-electron chi connectivity index (χ0n) is 11.4. The average Bonchev–Trinajstić information content (AvgIpc) is 3.04. The second-order valence-electron chi connectivity index (χ2n) is 5.68. The molecule has 0 aromatic rings. The average molecular weight is 269 g/mol. The molecule has 0 aromatic carbocycles. The summed E-state index contributed by atoms with van der Waals surface area (Å²) in [5, 5.41) is 12.1. The molecule has 1 saturated heterocycles. The van der Waals surface area contributed by atoms with Crippen LogP contribution in [-0.4, -0.2) is 36.2 Å². The van der Waals surface area contributed by atoms with Crippen LogP contribution in [0.2, 0.25) is 0 Å². The summed E-state index contributed by atoms with van der Waals surface area (Å²) < 4.78 is 5.45. The van der Waals surface area contributed by atoms with Crippen LogP contribution in [0.15, 0.2) is 0 Å². The normalized spacial score (nSPS) is 34.4. The molecule has 5 heteroatoms. The molecule has 2 N–H and O–H groups in total.